The molecule has 1 amide bonds. The van der Waals surface area contributed by atoms with Crippen LogP contribution in [-0.2, 0) is 11.3 Å². The third-order valence-corrected chi connectivity index (χ3v) is 6.32. The van der Waals surface area contributed by atoms with Crippen LogP contribution in [-0.4, -0.2) is 65.2 Å². The molecule has 9 heteroatoms. The fraction of sp³-hybridized carbons (Fsp3) is 0.565. The predicted molar refractivity (Wildman–Crippen MR) is 123 cm³/mol. The third kappa shape index (κ3) is 5.38. The molecule has 2 heterocycles. The Kier molecular flexibility index (Phi) is 7.24. The number of aromatic amines is 1. The normalized spacial score (nSPS) is 19.8. The topological polar surface area (TPSA) is 108 Å². The van der Waals surface area contributed by atoms with E-state index < -0.39 is 0 Å². The summed E-state index contributed by atoms with van der Waals surface area (Å²) in [7, 11) is 3.39. The maximum Gasteiger partial charge on any atom is 0.225 e. The Balaban J connectivity index is 1.25. The number of aliphatic imine (C=N–C) groups is 1. The van der Waals surface area contributed by atoms with Crippen molar-refractivity contribution < 1.29 is 9.53 Å². The van der Waals surface area contributed by atoms with Crippen LogP contribution in [0.3, 0.4) is 0 Å². The van der Waals surface area contributed by atoms with Gasteiger partial charge in [0, 0.05) is 37.7 Å². The first kappa shape index (κ1) is 22.1. The van der Waals surface area contributed by atoms with Crippen LogP contribution in [0.2, 0.25) is 0 Å². The number of nitrogens with one attached hydrogen (secondary N) is 3. The second-order valence-electron chi connectivity index (χ2n) is 8.51. The van der Waals surface area contributed by atoms with E-state index in [0.29, 0.717) is 24.2 Å². The molecule has 32 heavy (non-hydrogen) atoms. The largest absolute Gasteiger partial charge is 0.497 e. The number of aromatic nitrogens is 3. The molecule has 1 aliphatic heterocycles. The number of carbonyl (C=O) groups is 1. The summed E-state index contributed by atoms with van der Waals surface area (Å²) in [5.41, 5.74) is 0.921. The van der Waals surface area contributed by atoms with Crippen LogP contribution in [0.4, 0.5) is 0 Å². The van der Waals surface area contributed by atoms with E-state index in [0.717, 1.165) is 49.5 Å². The fourth-order valence-electron chi connectivity index (χ4n) is 4.48. The molecule has 1 aliphatic carbocycles. The van der Waals surface area contributed by atoms with E-state index in [9.17, 15) is 4.79 Å². The molecule has 1 saturated carbocycles. The number of nitrogens with zero attached hydrogens (tertiary/aromatic N) is 4. The molecule has 4 rings (SSSR count). The Hall–Kier alpha value is -3.10. The number of carbonyl (C=O) groups excluding carboxylic acids is 1. The van der Waals surface area contributed by atoms with Crippen molar-refractivity contribution in [2.45, 2.75) is 51.1 Å². The van der Waals surface area contributed by atoms with Crippen LogP contribution < -0.4 is 15.4 Å². The third-order valence-electron chi connectivity index (χ3n) is 6.32. The SMILES string of the molecule is CN=C(NCc1nc(-c2ccc(OC)cc2)n[nH]1)NC1CCN(C(=O)C2CCCCC2)C1. The number of hydrogen-bond donors (Lipinski definition) is 3. The lowest BCUT2D eigenvalue weighted by molar-refractivity contribution is -0.135. The van der Waals surface area contributed by atoms with Gasteiger partial charge in [-0.3, -0.25) is 14.9 Å². The zero-order valence-corrected chi connectivity index (χ0v) is 18.9. The molecule has 0 bridgehead atoms. The summed E-state index contributed by atoms with van der Waals surface area (Å²) < 4.78 is 5.19. The van der Waals surface area contributed by atoms with Gasteiger partial charge in [0.25, 0.3) is 0 Å². The van der Waals surface area contributed by atoms with Gasteiger partial charge < -0.3 is 20.3 Å². The minimum atomic E-state index is 0.207. The van der Waals surface area contributed by atoms with Gasteiger partial charge in [-0.05, 0) is 43.5 Å². The van der Waals surface area contributed by atoms with Crippen molar-refractivity contribution in [2.24, 2.45) is 10.9 Å². The van der Waals surface area contributed by atoms with Crippen molar-refractivity contribution in [1.82, 2.24) is 30.7 Å². The predicted octanol–water partition coefficient (Wildman–Crippen LogP) is 2.33. The second-order valence-corrected chi connectivity index (χ2v) is 8.51. The summed E-state index contributed by atoms with van der Waals surface area (Å²) in [5.74, 6) is 3.42. The number of benzene rings is 1. The first-order valence-corrected chi connectivity index (χ1v) is 11.5. The molecule has 1 unspecified atom stereocenters. The maximum absolute atomic E-state index is 12.8. The maximum atomic E-state index is 12.8. The lowest BCUT2D eigenvalue weighted by atomic mass is 9.88. The number of H-pyrrole nitrogens is 1. The van der Waals surface area contributed by atoms with Crippen molar-refractivity contribution in [3.8, 4) is 17.1 Å². The van der Waals surface area contributed by atoms with Gasteiger partial charge in [0.05, 0.1) is 13.7 Å². The highest BCUT2D eigenvalue weighted by molar-refractivity contribution is 5.81. The molecule has 172 valence electrons. The highest BCUT2D eigenvalue weighted by Gasteiger charge is 2.31. The van der Waals surface area contributed by atoms with Gasteiger partial charge in [-0.2, -0.15) is 5.10 Å². The van der Waals surface area contributed by atoms with Crippen LogP contribution in [0, 0.1) is 5.92 Å². The fourth-order valence-corrected chi connectivity index (χ4v) is 4.48. The van der Waals surface area contributed by atoms with E-state index in [1.165, 1.54) is 19.3 Å². The van der Waals surface area contributed by atoms with Gasteiger partial charge in [-0.15, -0.1) is 0 Å². The van der Waals surface area contributed by atoms with Crippen molar-refractivity contribution in [2.75, 3.05) is 27.2 Å². The van der Waals surface area contributed by atoms with Crippen molar-refractivity contribution in [1.29, 1.82) is 0 Å². The van der Waals surface area contributed by atoms with Gasteiger partial charge >= 0.3 is 0 Å². The number of hydrogen-bond acceptors (Lipinski definition) is 5. The molecular formula is C23H33N7O2. The molecule has 2 fully saturated rings. The van der Waals surface area contributed by atoms with E-state index in [1.54, 1.807) is 14.2 Å². The molecule has 3 N–H and O–H groups in total. The highest BCUT2D eigenvalue weighted by Crippen LogP contribution is 2.26. The van der Waals surface area contributed by atoms with Crippen molar-refractivity contribution in [3.63, 3.8) is 0 Å². The summed E-state index contributed by atoms with van der Waals surface area (Å²) in [5, 5.41) is 14.0. The molecule has 1 atom stereocenters. The molecule has 1 aromatic heterocycles. The van der Waals surface area contributed by atoms with E-state index in [4.69, 9.17) is 4.74 Å². The van der Waals surface area contributed by atoms with Gasteiger partial charge in [-0.1, -0.05) is 19.3 Å². The zero-order chi connectivity index (χ0) is 22.3. The van der Waals surface area contributed by atoms with Crippen LogP contribution in [0.5, 0.6) is 5.75 Å². The summed E-state index contributed by atoms with van der Waals surface area (Å²) in [4.78, 5) is 23.7. The Morgan fingerprint density at radius 2 is 2.00 bits per heavy atom. The Labute approximate surface area is 189 Å². The first-order valence-electron chi connectivity index (χ1n) is 11.5. The van der Waals surface area contributed by atoms with Crippen LogP contribution in [0.25, 0.3) is 11.4 Å². The summed E-state index contributed by atoms with van der Waals surface area (Å²) >= 11 is 0. The van der Waals surface area contributed by atoms with Gasteiger partial charge in [0.1, 0.15) is 11.6 Å². The average Bonchev–Trinajstić information content (AvgIpc) is 3.52. The quantitative estimate of drug-likeness (QED) is 0.471. The van der Waals surface area contributed by atoms with Crippen molar-refractivity contribution >= 4 is 11.9 Å². The standard InChI is InChI=1S/C23H33N7O2/c1-24-23(26-18-12-13-30(15-18)22(31)17-6-4-3-5-7-17)25-14-20-27-21(29-28-20)16-8-10-19(32-2)11-9-16/h8-11,17-18H,3-7,12-15H2,1-2H3,(H2,24,25,26)(H,27,28,29). The number of methoxy groups -OCH3 is 1. The van der Waals surface area contributed by atoms with E-state index in [1.807, 2.05) is 29.2 Å². The van der Waals surface area contributed by atoms with Crippen LogP contribution in [0.15, 0.2) is 29.3 Å². The van der Waals surface area contributed by atoms with Crippen molar-refractivity contribution in [3.05, 3.63) is 30.1 Å². The molecular weight excluding hydrogens is 406 g/mol. The smallest absolute Gasteiger partial charge is 0.225 e. The zero-order valence-electron chi connectivity index (χ0n) is 18.9. The summed E-state index contributed by atoms with van der Waals surface area (Å²) in [6.45, 7) is 2.03. The van der Waals surface area contributed by atoms with E-state index >= 15 is 0 Å². The lowest BCUT2D eigenvalue weighted by Gasteiger charge is -2.26. The lowest BCUT2D eigenvalue weighted by Crippen LogP contribution is -2.45. The highest BCUT2D eigenvalue weighted by atomic mass is 16.5. The Morgan fingerprint density at radius 3 is 2.72 bits per heavy atom. The number of guanidine groups is 1. The molecule has 0 spiro atoms. The van der Waals surface area contributed by atoms with Crippen LogP contribution in [0.1, 0.15) is 44.3 Å². The Bertz CT molecular complexity index is 919. The number of rotatable bonds is 6. The van der Waals surface area contributed by atoms with E-state index in [-0.39, 0.29) is 12.0 Å². The minimum absolute atomic E-state index is 0.207. The molecule has 2 aliphatic rings. The minimum Gasteiger partial charge on any atom is -0.497 e. The van der Waals surface area contributed by atoms with Gasteiger partial charge in [0.15, 0.2) is 11.8 Å². The number of likely N-dealkylation sites (tertiary alicyclic amines) is 1. The summed E-state index contributed by atoms with van der Waals surface area (Å²) in [6.07, 6.45) is 6.67. The monoisotopic (exact) mass is 439 g/mol. The molecule has 9 nitrogen and oxygen atoms in total. The molecule has 2 aromatic rings. The number of amides is 1. The molecule has 0 radical (unpaired) electrons. The van der Waals surface area contributed by atoms with Crippen LogP contribution >= 0.6 is 0 Å². The second kappa shape index (κ2) is 10.5. The first-order chi connectivity index (χ1) is 15.7. The number of ether oxygens (including phenoxy) is 1. The van der Waals surface area contributed by atoms with Gasteiger partial charge in [-0.25, -0.2) is 4.98 Å². The molecule has 1 saturated heterocycles. The molecule has 1 aromatic carbocycles. The Morgan fingerprint density at radius 1 is 1.22 bits per heavy atom. The average molecular weight is 440 g/mol. The van der Waals surface area contributed by atoms with Gasteiger partial charge in [0.2, 0.25) is 5.91 Å². The summed E-state index contributed by atoms with van der Waals surface area (Å²) in [6, 6.07) is 7.84. The van der Waals surface area contributed by atoms with E-state index in [2.05, 4.69) is 30.8 Å².